The number of benzene rings is 1. The smallest absolute Gasteiger partial charge is 0.210 e. The summed E-state index contributed by atoms with van der Waals surface area (Å²) in [7, 11) is 1.75. The van der Waals surface area contributed by atoms with Gasteiger partial charge in [-0.3, -0.25) is 4.90 Å². The SMILES string of the molecule is COc1cccc(C[C@H]2[C@H]3C[C@H](CN(c4nnc(N)s4)C3)[C@@H]3CCCCN32)c1. The fourth-order valence-electron chi connectivity index (χ4n) is 5.74. The maximum atomic E-state index is 5.86. The lowest BCUT2D eigenvalue weighted by molar-refractivity contribution is -0.0317. The van der Waals surface area contributed by atoms with Crippen LogP contribution in [-0.4, -0.2) is 53.9 Å². The quantitative estimate of drug-likeness (QED) is 0.852. The van der Waals surface area contributed by atoms with E-state index >= 15 is 0 Å². The number of aromatic nitrogens is 2. The average Bonchev–Trinajstić information content (AvgIpc) is 3.17. The van der Waals surface area contributed by atoms with Gasteiger partial charge in [-0.15, -0.1) is 10.2 Å². The van der Waals surface area contributed by atoms with Gasteiger partial charge in [0.05, 0.1) is 7.11 Å². The van der Waals surface area contributed by atoms with E-state index in [9.17, 15) is 0 Å². The lowest BCUT2D eigenvalue weighted by Gasteiger charge is -2.57. The van der Waals surface area contributed by atoms with Crippen molar-refractivity contribution in [3.8, 4) is 5.75 Å². The van der Waals surface area contributed by atoms with Crippen LogP contribution in [0.2, 0.25) is 0 Å². The molecule has 3 aliphatic rings. The van der Waals surface area contributed by atoms with Crippen molar-refractivity contribution in [2.45, 2.75) is 44.2 Å². The second-order valence-electron chi connectivity index (χ2n) is 8.51. The van der Waals surface area contributed by atoms with Crippen LogP contribution >= 0.6 is 11.3 Å². The molecule has 4 atom stereocenters. The molecule has 3 fully saturated rings. The van der Waals surface area contributed by atoms with E-state index in [4.69, 9.17) is 10.5 Å². The van der Waals surface area contributed by atoms with Crippen LogP contribution in [0.15, 0.2) is 24.3 Å². The number of hydrogen-bond donors (Lipinski definition) is 1. The largest absolute Gasteiger partial charge is 0.497 e. The van der Waals surface area contributed by atoms with E-state index < -0.39 is 0 Å². The Morgan fingerprint density at radius 3 is 2.93 bits per heavy atom. The van der Waals surface area contributed by atoms with Crippen LogP contribution in [0.1, 0.15) is 31.2 Å². The standard InChI is InChI=1S/C21H29N5OS/c1-27-17-6-4-5-14(9-17)10-19-16-11-15(18-7-2-3-8-26(18)19)12-25(13-16)21-24-23-20(22)28-21/h4-6,9,15-16,18-19H,2-3,7-8,10-13H2,1H3,(H2,22,23)/t15-,16+,18+,19+/m1/s1. The predicted octanol–water partition coefficient (Wildman–Crippen LogP) is 3.05. The van der Waals surface area contributed by atoms with Gasteiger partial charge in [0.15, 0.2) is 0 Å². The van der Waals surface area contributed by atoms with Crippen LogP contribution in [0.5, 0.6) is 5.75 Å². The van der Waals surface area contributed by atoms with Gasteiger partial charge in [-0.1, -0.05) is 29.9 Å². The molecule has 6 nitrogen and oxygen atoms in total. The monoisotopic (exact) mass is 399 g/mol. The van der Waals surface area contributed by atoms with Crippen LogP contribution < -0.4 is 15.4 Å². The zero-order valence-corrected chi connectivity index (χ0v) is 17.3. The van der Waals surface area contributed by atoms with Crippen LogP contribution in [0.3, 0.4) is 0 Å². The van der Waals surface area contributed by atoms with Gasteiger partial charge in [-0.2, -0.15) is 0 Å². The molecule has 2 bridgehead atoms. The minimum absolute atomic E-state index is 0.568. The highest BCUT2D eigenvalue weighted by Crippen LogP contribution is 2.43. The summed E-state index contributed by atoms with van der Waals surface area (Å²) in [5, 5.41) is 9.96. The Kier molecular flexibility index (Phi) is 4.88. The van der Waals surface area contributed by atoms with E-state index in [0.717, 1.165) is 36.3 Å². The Hall–Kier alpha value is -1.86. The highest BCUT2D eigenvalue weighted by atomic mass is 32.1. The summed E-state index contributed by atoms with van der Waals surface area (Å²) in [5.74, 6) is 2.34. The lowest BCUT2D eigenvalue weighted by atomic mass is 9.71. The Labute approximate surface area is 170 Å². The van der Waals surface area contributed by atoms with Crippen molar-refractivity contribution in [3.63, 3.8) is 0 Å². The number of nitrogens with zero attached hydrogens (tertiary/aromatic N) is 4. The molecule has 2 aromatic rings. The maximum absolute atomic E-state index is 5.86. The van der Waals surface area contributed by atoms with E-state index in [2.05, 4.69) is 38.2 Å². The van der Waals surface area contributed by atoms with Gasteiger partial charge in [0, 0.05) is 25.2 Å². The van der Waals surface area contributed by atoms with Gasteiger partial charge >= 0.3 is 0 Å². The van der Waals surface area contributed by atoms with Gasteiger partial charge in [0.25, 0.3) is 0 Å². The molecule has 1 aromatic carbocycles. The third-order valence-corrected chi connectivity index (χ3v) is 7.71. The molecular formula is C21H29N5OS. The third kappa shape index (κ3) is 3.35. The maximum Gasteiger partial charge on any atom is 0.210 e. The number of fused-ring (bicyclic) bond motifs is 4. The molecule has 3 saturated heterocycles. The fourth-order valence-corrected chi connectivity index (χ4v) is 6.37. The number of nitrogen functional groups attached to an aromatic ring is 1. The fraction of sp³-hybridized carbons (Fsp3) is 0.619. The normalized spacial score (nSPS) is 30.1. The highest BCUT2D eigenvalue weighted by Gasteiger charge is 2.47. The number of ether oxygens (including phenoxy) is 1. The predicted molar refractivity (Wildman–Crippen MR) is 113 cm³/mol. The molecule has 0 spiro atoms. The first-order valence-corrected chi connectivity index (χ1v) is 11.3. The van der Waals surface area contributed by atoms with Crippen molar-refractivity contribution in [1.29, 1.82) is 0 Å². The Morgan fingerprint density at radius 1 is 1.21 bits per heavy atom. The molecule has 2 N–H and O–H groups in total. The van der Waals surface area contributed by atoms with Crippen molar-refractivity contribution >= 4 is 21.6 Å². The summed E-state index contributed by atoms with van der Waals surface area (Å²) in [6, 6.07) is 9.89. The van der Waals surface area contributed by atoms with Crippen molar-refractivity contribution in [1.82, 2.24) is 15.1 Å². The summed E-state index contributed by atoms with van der Waals surface area (Å²) < 4.78 is 5.46. The molecule has 0 saturated carbocycles. The second-order valence-corrected chi connectivity index (χ2v) is 9.50. The molecular weight excluding hydrogens is 370 g/mol. The van der Waals surface area contributed by atoms with Crippen molar-refractivity contribution in [2.75, 3.05) is 37.4 Å². The molecule has 0 amide bonds. The summed E-state index contributed by atoms with van der Waals surface area (Å²) in [6.07, 6.45) is 6.46. The van der Waals surface area contributed by atoms with E-state index in [0.29, 0.717) is 23.1 Å². The first-order valence-electron chi connectivity index (χ1n) is 10.4. The molecule has 4 heterocycles. The molecule has 3 aliphatic heterocycles. The van der Waals surface area contributed by atoms with E-state index in [-0.39, 0.29) is 0 Å². The van der Waals surface area contributed by atoms with Gasteiger partial charge in [-0.05, 0) is 61.8 Å². The number of piperidine rings is 3. The summed E-state index contributed by atoms with van der Waals surface area (Å²) >= 11 is 1.52. The molecule has 1 aromatic heterocycles. The Balaban J connectivity index is 1.42. The lowest BCUT2D eigenvalue weighted by Crippen LogP contribution is -2.64. The van der Waals surface area contributed by atoms with Gasteiger partial charge in [0.2, 0.25) is 10.3 Å². The summed E-state index contributed by atoms with van der Waals surface area (Å²) in [5.41, 5.74) is 7.24. The van der Waals surface area contributed by atoms with Crippen molar-refractivity contribution in [3.05, 3.63) is 29.8 Å². The molecule has 0 unspecified atom stereocenters. The first-order chi connectivity index (χ1) is 13.7. The first kappa shape index (κ1) is 18.2. The topological polar surface area (TPSA) is 67.5 Å². The van der Waals surface area contributed by atoms with Crippen LogP contribution in [0.25, 0.3) is 0 Å². The zero-order chi connectivity index (χ0) is 19.1. The summed E-state index contributed by atoms with van der Waals surface area (Å²) in [6.45, 7) is 3.40. The Morgan fingerprint density at radius 2 is 2.11 bits per heavy atom. The van der Waals surface area contributed by atoms with Gasteiger partial charge in [-0.25, -0.2) is 0 Å². The molecule has 7 heteroatoms. The number of rotatable bonds is 4. The van der Waals surface area contributed by atoms with Gasteiger partial charge in [0.1, 0.15) is 5.75 Å². The number of anilines is 2. The molecule has 5 rings (SSSR count). The molecule has 0 radical (unpaired) electrons. The zero-order valence-electron chi connectivity index (χ0n) is 16.5. The van der Waals surface area contributed by atoms with Crippen LogP contribution in [0, 0.1) is 11.8 Å². The second kappa shape index (κ2) is 7.52. The highest BCUT2D eigenvalue weighted by molar-refractivity contribution is 7.18. The molecule has 150 valence electrons. The number of methoxy groups -OCH3 is 1. The van der Waals surface area contributed by atoms with E-state index in [1.807, 2.05) is 6.07 Å². The van der Waals surface area contributed by atoms with Crippen molar-refractivity contribution in [2.24, 2.45) is 11.8 Å². The number of hydrogen-bond acceptors (Lipinski definition) is 7. The van der Waals surface area contributed by atoms with Crippen LogP contribution in [-0.2, 0) is 6.42 Å². The van der Waals surface area contributed by atoms with Crippen LogP contribution in [0.4, 0.5) is 10.3 Å². The minimum Gasteiger partial charge on any atom is -0.497 e. The number of nitrogens with two attached hydrogens (primary N) is 1. The third-order valence-electron chi connectivity index (χ3n) is 6.90. The average molecular weight is 400 g/mol. The minimum atomic E-state index is 0.568. The summed E-state index contributed by atoms with van der Waals surface area (Å²) in [4.78, 5) is 5.31. The molecule has 28 heavy (non-hydrogen) atoms. The molecule has 0 aliphatic carbocycles. The van der Waals surface area contributed by atoms with Crippen molar-refractivity contribution < 1.29 is 4.74 Å². The van der Waals surface area contributed by atoms with Gasteiger partial charge < -0.3 is 15.4 Å². The Bertz CT molecular complexity index is 827. The van der Waals surface area contributed by atoms with E-state index in [1.165, 1.54) is 49.1 Å². The van der Waals surface area contributed by atoms with E-state index in [1.54, 1.807) is 7.11 Å².